The van der Waals surface area contributed by atoms with Crippen molar-refractivity contribution in [2.45, 2.75) is 0 Å². The van der Waals surface area contributed by atoms with Crippen LogP contribution in [0.3, 0.4) is 0 Å². The van der Waals surface area contributed by atoms with E-state index in [1.54, 1.807) is 0 Å². The average Bonchev–Trinajstić information content (AvgIpc) is 1.72. The van der Waals surface area contributed by atoms with Crippen molar-refractivity contribution in [3.8, 4) is 0 Å². The first-order valence-corrected chi connectivity index (χ1v) is 1.91. The van der Waals surface area contributed by atoms with Crippen LogP contribution in [0.25, 0.3) is 0 Å². The van der Waals surface area contributed by atoms with Gasteiger partial charge in [-0.1, -0.05) is 0 Å². The number of hydrogen-bond acceptors (Lipinski definition) is 0. The Kier molecular flexibility index (Phi) is 36.8. The van der Waals surface area contributed by atoms with Crippen LogP contribution in [-0.2, 0) is 0 Å². The molecule has 0 unspecified atom stereocenters. The van der Waals surface area contributed by atoms with Crippen molar-refractivity contribution in [1.29, 1.82) is 0 Å². The third kappa shape index (κ3) is 11.6. The molecule has 0 bridgehead atoms. The summed E-state index contributed by atoms with van der Waals surface area (Å²) in [5.41, 5.74) is 0. The Morgan fingerprint density at radius 1 is 0.900 bits per heavy atom. The van der Waals surface area contributed by atoms with E-state index in [1.807, 2.05) is 30.3 Å². The molecule has 46 valence electrons. The quantitative estimate of drug-likeness (QED) is 0.263. The van der Waals surface area contributed by atoms with Crippen molar-refractivity contribution in [1.82, 2.24) is 0 Å². The minimum atomic E-state index is 0. The van der Waals surface area contributed by atoms with Gasteiger partial charge in [-0.15, -0.1) is 0 Å². The van der Waals surface area contributed by atoms with Gasteiger partial charge in [0, 0.05) is 0 Å². The van der Waals surface area contributed by atoms with Crippen LogP contribution in [0.15, 0.2) is 30.3 Å². The molecule has 0 atom stereocenters. The summed E-state index contributed by atoms with van der Waals surface area (Å²) in [6, 6.07) is 12.5. The molecule has 0 fully saturated rings. The maximum atomic E-state index is 2.89. The van der Waals surface area contributed by atoms with E-state index in [9.17, 15) is 0 Å². The second-order valence-corrected chi connectivity index (χ2v) is 1.08. The first kappa shape index (κ1) is 22.4. The number of halogens is 2. The van der Waals surface area contributed by atoms with E-state index in [-0.39, 0.29) is 59.0 Å². The Bertz CT molecular complexity index is 89.7. The molecule has 0 aromatic heterocycles. The van der Waals surface area contributed by atoms with E-state index < -0.39 is 0 Å². The monoisotopic (exact) mass is 162 g/mol. The zero-order valence-electron chi connectivity index (χ0n) is 5.85. The van der Waals surface area contributed by atoms with Crippen molar-refractivity contribution in [2.24, 2.45) is 0 Å². The van der Waals surface area contributed by atoms with Crippen molar-refractivity contribution in [3.63, 3.8) is 0 Å². The van der Waals surface area contributed by atoms with Gasteiger partial charge in [-0.05, 0) is 0 Å². The van der Waals surface area contributed by atoms with Crippen LogP contribution in [-0.4, -0.2) is 23.1 Å². The molecule has 0 saturated carbocycles. The fourth-order valence-corrected chi connectivity index (χ4v) is 0.342. The van der Waals surface area contributed by atoms with Gasteiger partial charge in [0.1, 0.15) is 0 Å². The van der Waals surface area contributed by atoms with Crippen molar-refractivity contribution in [2.75, 3.05) is 0 Å². The number of benzene rings is 1. The molecule has 0 saturated heterocycles. The topological polar surface area (TPSA) is 0 Å². The molecule has 0 radical (unpaired) electrons. The third-order valence-electron chi connectivity index (χ3n) is 0.607. The van der Waals surface area contributed by atoms with Crippen LogP contribution in [0.2, 0.25) is 0 Å². The van der Waals surface area contributed by atoms with Gasteiger partial charge >= 0.3 is 41.9 Å². The molecule has 0 amide bonds. The van der Waals surface area contributed by atoms with Crippen LogP contribution in [0.1, 0.15) is 0 Å². The van der Waals surface area contributed by atoms with Crippen LogP contribution < -0.4 is 36.0 Å². The van der Waals surface area contributed by atoms with Crippen LogP contribution in [0.5, 0.6) is 0 Å². The zero-order valence-corrected chi connectivity index (χ0v) is 8.02. The Morgan fingerprint density at radius 2 is 1.30 bits per heavy atom. The number of rotatable bonds is 0. The summed E-state index contributed by atoms with van der Waals surface area (Å²) in [4.78, 5) is 0. The first-order valence-electron chi connectivity index (χ1n) is 1.91. The predicted molar refractivity (Wildman–Crippen MR) is 31.0 cm³/mol. The van der Waals surface area contributed by atoms with E-state index in [1.165, 1.54) is 0 Å². The SMILES string of the molecule is [Cl-].[F-].[Li+].[Mg+2].[c-]1ccccc1. The Morgan fingerprint density at radius 3 is 1.40 bits per heavy atom. The van der Waals surface area contributed by atoms with E-state index in [0.717, 1.165) is 0 Å². The van der Waals surface area contributed by atoms with Crippen molar-refractivity contribution >= 4 is 23.1 Å². The van der Waals surface area contributed by atoms with Gasteiger partial charge in [0.2, 0.25) is 0 Å². The standard InChI is InChI=1S/C6H5.ClH.FH.Li.Mg/c1-2-4-6-5-3-1;;;;/h1-5H;2*1H;;/q-1;;;+1;+2/p-2. The predicted octanol–water partition coefficient (Wildman–Crippen LogP) is -7.88. The van der Waals surface area contributed by atoms with Gasteiger partial charge in [0.05, 0.1) is 0 Å². The minimum absolute atomic E-state index is 0. The summed E-state index contributed by atoms with van der Waals surface area (Å²) >= 11 is 0. The third-order valence-corrected chi connectivity index (χ3v) is 0.607. The molecule has 0 aliphatic carbocycles. The molecule has 0 aliphatic rings. The molecule has 0 aliphatic heterocycles. The molecular weight excluding hydrogens is 158 g/mol. The minimum Gasteiger partial charge on any atom is -1.00 e. The average molecular weight is 163 g/mol. The van der Waals surface area contributed by atoms with Gasteiger partial charge in [-0.2, -0.15) is 36.4 Å². The van der Waals surface area contributed by atoms with Crippen LogP contribution in [0, 0.1) is 6.07 Å². The molecular formula is C6H5ClFLiMg. The zero-order chi connectivity index (χ0) is 4.24. The molecule has 0 N–H and O–H groups in total. The fraction of sp³-hybridized carbons (Fsp3) is 0. The number of hydrogen-bond donors (Lipinski definition) is 0. The van der Waals surface area contributed by atoms with E-state index in [2.05, 4.69) is 6.07 Å². The largest absolute Gasteiger partial charge is 2.00 e. The summed E-state index contributed by atoms with van der Waals surface area (Å²) in [5, 5.41) is 0. The molecule has 1 aromatic carbocycles. The molecule has 1 aromatic rings. The van der Waals surface area contributed by atoms with Gasteiger partial charge in [0.15, 0.2) is 0 Å². The maximum Gasteiger partial charge on any atom is 2.00 e. The second-order valence-electron chi connectivity index (χ2n) is 1.08. The van der Waals surface area contributed by atoms with E-state index in [4.69, 9.17) is 0 Å². The Labute approximate surface area is 94.9 Å². The van der Waals surface area contributed by atoms with E-state index >= 15 is 0 Å². The van der Waals surface area contributed by atoms with Gasteiger partial charge in [-0.3, -0.25) is 0 Å². The first-order chi connectivity index (χ1) is 3.00. The summed E-state index contributed by atoms with van der Waals surface area (Å²) < 4.78 is 0. The normalized spacial score (nSPS) is 4.80. The fourth-order valence-electron chi connectivity index (χ4n) is 0.342. The Hall–Kier alpha value is 0.804. The molecule has 4 heteroatoms. The summed E-state index contributed by atoms with van der Waals surface area (Å²) in [5.74, 6) is 0. The summed E-state index contributed by atoms with van der Waals surface area (Å²) in [6.45, 7) is 0. The second kappa shape index (κ2) is 16.4. The summed E-state index contributed by atoms with van der Waals surface area (Å²) in [7, 11) is 0. The Balaban J connectivity index is -0.0000000450. The molecule has 0 nitrogen and oxygen atoms in total. The molecule has 10 heavy (non-hydrogen) atoms. The maximum absolute atomic E-state index is 2.89. The molecule has 0 heterocycles. The molecule has 1 rings (SSSR count). The van der Waals surface area contributed by atoms with Gasteiger partial charge < -0.3 is 17.1 Å². The van der Waals surface area contributed by atoms with Crippen molar-refractivity contribution in [3.05, 3.63) is 36.4 Å². The van der Waals surface area contributed by atoms with Crippen LogP contribution in [0.4, 0.5) is 0 Å². The summed E-state index contributed by atoms with van der Waals surface area (Å²) in [6.07, 6.45) is 0. The van der Waals surface area contributed by atoms with E-state index in [0.29, 0.717) is 0 Å². The van der Waals surface area contributed by atoms with Gasteiger partial charge in [0.25, 0.3) is 0 Å². The van der Waals surface area contributed by atoms with Crippen LogP contribution >= 0.6 is 0 Å². The molecule has 0 spiro atoms. The smallest absolute Gasteiger partial charge is 1.00 e. The van der Waals surface area contributed by atoms with Gasteiger partial charge in [-0.25, -0.2) is 0 Å². The van der Waals surface area contributed by atoms with Crippen molar-refractivity contribution < 1.29 is 36.0 Å².